The zero-order valence-corrected chi connectivity index (χ0v) is 19.0. The van der Waals surface area contributed by atoms with Gasteiger partial charge in [0.25, 0.3) is 5.91 Å². The van der Waals surface area contributed by atoms with Crippen LogP contribution in [0.1, 0.15) is 16.1 Å². The third-order valence-corrected chi connectivity index (χ3v) is 6.92. The third-order valence-electron chi connectivity index (χ3n) is 5.51. The second-order valence-corrected chi connectivity index (χ2v) is 9.49. The van der Waals surface area contributed by atoms with Gasteiger partial charge in [0.1, 0.15) is 18.1 Å². The van der Waals surface area contributed by atoms with Crippen molar-refractivity contribution in [3.63, 3.8) is 0 Å². The highest BCUT2D eigenvalue weighted by Gasteiger charge is 2.23. The van der Waals surface area contributed by atoms with E-state index < -0.39 is 10.0 Å². The van der Waals surface area contributed by atoms with E-state index in [1.54, 1.807) is 29.2 Å². The van der Waals surface area contributed by atoms with E-state index in [4.69, 9.17) is 9.15 Å². The van der Waals surface area contributed by atoms with Gasteiger partial charge in [-0.25, -0.2) is 13.1 Å². The van der Waals surface area contributed by atoms with Gasteiger partial charge < -0.3 is 14.1 Å². The first-order valence-electron chi connectivity index (χ1n) is 10.8. The van der Waals surface area contributed by atoms with Gasteiger partial charge in [-0.1, -0.05) is 18.2 Å². The molecule has 33 heavy (non-hydrogen) atoms. The minimum absolute atomic E-state index is 0.0662. The number of hydrogen-bond donors (Lipinski definition) is 1. The molecule has 0 atom stereocenters. The lowest BCUT2D eigenvalue weighted by Gasteiger charge is -2.34. The third kappa shape index (κ3) is 6.22. The van der Waals surface area contributed by atoms with E-state index >= 15 is 0 Å². The van der Waals surface area contributed by atoms with Crippen LogP contribution in [-0.4, -0.2) is 63.5 Å². The maximum atomic E-state index is 12.9. The van der Waals surface area contributed by atoms with Crippen molar-refractivity contribution >= 4 is 15.9 Å². The highest BCUT2D eigenvalue weighted by Crippen LogP contribution is 2.15. The fourth-order valence-corrected chi connectivity index (χ4v) is 4.60. The van der Waals surface area contributed by atoms with Crippen molar-refractivity contribution in [3.8, 4) is 5.75 Å². The molecule has 1 N–H and O–H groups in total. The molecule has 1 aromatic heterocycles. The van der Waals surface area contributed by atoms with E-state index in [0.717, 1.165) is 25.4 Å². The molecule has 9 heteroatoms. The zero-order valence-electron chi connectivity index (χ0n) is 18.2. The van der Waals surface area contributed by atoms with E-state index in [1.165, 1.54) is 18.4 Å². The molecule has 8 nitrogen and oxygen atoms in total. The van der Waals surface area contributed by atoms with Crippen molar-refractivity contribution in [3.05, 3.63) is 84.3 Å². The van der Waals surface area contributed by atoms with Crippen molar-refractivity contribution < 1.29 is 22.4 Å². The number of ether oxygens (including phenoxy) is 1. The van der Waals surface area contributed by atoms with Gasteiger partial charge in [0.05, 0.1) is 17.7 Å². The molecule has 1 aliphatic heterocycles. The first kappa shape index (κ1) is 23.0. The number of para-hydroxylation sites is 1. The lowest BCUT2D eigenvalue weighted by atomic mass is 10.2. The summed E-state index contributed by atoms with van der Waals surface area (Å²) >= 11 is 0. The van der Waals surface area contributed by atoms with Crippen LogP contribution < -0.4 is 9.46 Å². The Bertz CT molecular complexity index is 1120. The Morgan fingerprint density at radius 3 is 2.33 bits per heavy atom. The maximum absolute atomic E-state index is 12.9. The summed E-state index contributed by atoms with van der Waals surface area (Å²) in [5.74, 6) is 1.28. The predicted molar refractivity (Wildman–Crippen MR) is 123 cm³/mol. The average Bonchev–Trinajstić information content (AvgIpc) is 3.38. The molecule has 0 saturated carbocycles. The Kier molecular flexibility index (Phi) is 7.43. The summed E-state index contributed by atoms with van der Waals surface area (Å²) < 4.78 is 38.3. The van der Waals surface area contributed by atoms with E-state index in [1.807, 2.05) is 30.3 Å². The van der Waals surface area contributed by atoms with Crippen molar-refractivity contribution in [2.24, 2.45) is 0 Å². The largest absolute Gasteiger partial charge is 0.492 e. The summed E-state index contributed by atoms with van der Waals surface area (Å²) in [6, 6.07) is 19.1. The molecule has 0 spiro atoms. The van der Waals surface area contributed by atoms with Crippen molar-refractivity contribution in [1.82, 2.24) is 14.5 Å². The molecule has 3 aromatic rings. The number of amides is 1. The first-order valence-corrected chi connectivity index (χ1v) is 12.3. The quantitative estimate of drug-likeness (QED) is 0.518. The lowest BCUT2D eigenvalue weighted by molar-refractivity contribution is 0.0620. The van der Waals surface area contributed by atoms with E-state index in [0.29, 0.717) is 31.0 Å². The van der Waals surface area contributed by atoms with Gasteiger partial charge in [-0.05, 0) is 48.5 Å². The van der Waals surface area contributed by atoms with Crippen molar-refractivity contribution in [1.29, 1.82) is 0 Å². The fraction of sp³-hybridized carbons (Fsp3) is 0.292. The zero-order chi connectivity index (χ0) is 23.1. The lowest BCUT2D eigenvalue weighted by Crippen LogP contribution is -2.49. The van der Waals surface area contributed by atoms with E-state index in [9.17, 15) is 13.2 Å². The van der Waals surface area contributed by atoms with Gasteiger partial charge >= 0.3 is 0 Å². The smallest absolute Gasteiger partial charge is 0.253 e. The van der Waals surface area contributed by atoms with Gasteiger partial charge in [0.15, 0.2) is 0 Å². The normalized spacial score (nSPS) is 14.8. The number of carbonyl (C=O) groups is 1. The molecule has 0 radical (unpaired) electrons. The van der Waals surface area contributed by atoms with E-state index in [-0.39, 0.29) is 17.3 Å². The molecule has 0 unspecified atom stereocenters. The van der Waals surface area contributed by atoms with Crippen LogP contribution in [0.5, 0.6) is 5.75 Å². The Morgan fingerprint density at radius 1 is 0.939 bits per heavy atom. The highest BCUT2D eigenvalue weighted by molar-refractivity contribution is 7.89. The SMILES string of the molecule is O=C(c1ccc(S(=O)(=O)NCc2ccco2)cc1)N1CCN(CCOc2ccccc2)CC1. The molecule has 2 heterocycles. The van der Waals surface area contributed by atoms with Crippen molar-refractivity contribution in [2.75, 3.05) is 39.3 Å². The van der Waals surface area contributed by atoms with Gasteiger partial charge in [-0.2, -0.15) is 0 Å². The maximum Gasteiger partial charge on any atom is 0.253 e. The summed E-state index contributed by atoms with van der Waals surface area (Å²) in [7, 11) is -3.69. The van der Waals surface area contributed by atoms with Crippen LogP contribution in [0.4, 0.5) is 0 Å². The molecule has 4 rings (SSSR count). The molecule has 1 amide bonds. The monoisotopic (exact) mass is 469 g/mol. The van der Waals surface area contributed by atoms with Crippen LogP contribution in [0, 0.1) is 0 Å². The number of carbonyl (C=O) groups excluding carboxylic acids is 1. The second-order valence-electron chi connectivity index (χ2n) is 7.72. The van der Waals surface area contributed by atoms with Crippen LogP contribution >= 0.6 is 0 Å². The molecular weight excluding hydrogens is 442 g/mol. The molecular formula is C24H27N3O5S. The summed E-state index contributed by atoms with van der Waals surface area (Å²) in [6.45, 7) is 4.25. The summed E-state index contributed by atoms with van der Waals surface area (Å²) in [5.41, 5.74) is 0.473. The average molecular weight is 470 g/mol. The standard InChI is InChI=1S/C24H27N3O5S/c28-24(27-14-12-26(13-15-27)16-18-32-21-5-2-1-3-6-21)20-8-10-23(11-9-20)33(29,30)25-19-22-7-4-17-31-22/h1-11,17,25H,12-16,18-19H2. The number of sulfonamides is 1. The number of nitrogens with one attached hydrogen (secondary N) is 1. The number of piperazine rings is 1. The van der Waals surface area contributed by atoms with Crippen LogP contribution in [0.3, 0.4) is 0 Å². The first-order chi connectivity index (χ1) is 16.0. The predicted octanol–water partition coefficient (Wildman–Crippen LogP) is 2.59. The highest BCUT2D eigenvalue weighted by atomic mass is 32.2. The molecule has 2 aromatic carbocycles. The molecule has 0 aliphatic carbocycles. The van der Waals surface area contributed by atoms with Crippen LogP contribution in [0.15, 0.2) is 82.3 Å². The fourth-order valence-electron chi connectivity index (χ4n) is 3.61. The number of nitrogens with zero attached hydrogens (tertiary/aromatic N) is 2. The second kappa shape index (κ2) is 10.7. The molecule has 174 valence electrons. The van der Waals surface area contributed by atoms with E-state index in [2.05, 4.69) is 9.62 Å². The van der Waals surface area contributed by atoms with Crippen LogP contribution in [0.2, 0.25) is 0 Å². The van der Waals surface area contributed by atoms with Gasteiger partial charge in [-0.3, -0.25) is 9.69 Å². The molecule has 1 fully saturated rings. The summed E-state index contributed by atoms with van der Waals surface area (Å²) in [4.78, 5) is 17.0. The summed E-state index contributed by atoms with van der Waals surface area (Å²) in [5, 5.41) is 0. The molecule has 1 saturated heterocycles. The van der Waals surface area contributed by atoms with Crippen molar-refractivity contribution in [2.45, 2.75) is 11.4 Å². The number of hydrogen-bond acceptors (Lipinski definition) is 6. The molecule has 1 aliphatic rings. The van der Waals surface area contributed by atoms with Gasteiger partial charge in [0.2, 0.25) is 10.0 Å². The minimum Gasteiger partial charge on any atom is -0.492 e. The number of rotatable bonds is 9. The minimum atomic E-state index is -3.69. The topological polar surface area (TPSA) is 92.1 Å². The van der Waals surface area contributed by atoms with Gasteiger partial charge in [0, 0.05) is 38.3 Å². The Hall–Kier alpha value is -3.14. The van der Waals surface area contributed by atoms with Crippen LogP contribution in [0.25, 0.3) is 0 Å². The Morgan fingerprint density at radius 2 is 1.67 bits per heavy atom. The van der Waals surface area contributed by atoms with Gasteiger partial charge in [-0.15, -0.1) is 0 Å². The number of benzene rings is 2. The van der Waals surface area contributed by atoms with Crippen LogP contribution in [-0.2, 0) is 16.6 Å². The number of furan rings is 1. The molecule has 0 bridgehead atoms. The summed E-state index contributed by atoms with van der Waals surface area (Å²) in [6.07, 6.45) is 1.49. The Labute approximate surface area is 193 Å². The Balaban J connectivity index is 1.24.